The topological polar surface area (TPSA) is 0 Å². The second-order valence-electron chi connectivity index (χ2n) is 5.80. The van der Waals surface area contributed by atoms with Crippen molar-refractivity contribution in [2.45, 2.75) is 73.6 Å². The average molecular weight is 248 g/mol. The van der Waals surface area contributed by atoms with Crippen LogP contribution in [0.3, 0.4) is 0 Å². The smallest absolute Gasteiger partial charge is 0.0217 e. The summed E-state index contributed by atoms with van der Waals surface area (Å²) < 4.78 is 0. The molecule has 0 amide bonds. The molecule has 0 heterocycles. The van der Waals surface area contributed by atoms with Crippen LogP contribution >= 0.6 is 0 Å². The molecule has 0 fully saturated rings. The van der Waals surface area contributed by atoms with Crippen molar-refractivity contribution in [3.63, 3.8) is 0 Å². The minimum absolute atomic E-state index is 0.444. The van der Waals surface area contributed by atoms with Gasteiger partial charge in [0.25, 0.3) is 0 Å². The van der Waals surface area contributed by atoms with E-state index in [0.29, 0.717) is 5.41 Å². The number of hydrogen-bond donors (Lipinski definition) is 0. The van der Waals surface area contributed by atoms with Crippen LogP contribution in [0.2, 0.25) is 0 Å². The molecule has 18 heavy (non-hydrogen) atoms. The predicted molar refractivity (Wildman–Crippen MR) is 84.9 cm³/mol. The van der Waals surface area contributed by atoms with Gasteiger partial charge in [-0.25, -0.2) is 0 Å². The van der Waals surface area contributed by atoms with Crippen LogP contribution in [0.1, 0.15) is 73.6 Å². The Morgan fingerprint density at radius 2 is 1.39 bits per heavy atom. The molecule has 0 spiro atoms. The van der Waals surface area contributed by atoms with Crippen molar-refractivity contribution in [1.82, 2.24) is 0 Å². The van der Waals surface area contributed by atoms with Gasteiger partial charge in [-0.05, 0) is 50.2 Å². The predicted octanol–water partition coefficient (Wildman–Crippen LogP) is 6.45. The highest BCUT2D eigenvalue weighted by Gasteiger charge is 2.27. The summed E-state index contributed by atoms with van der Waals surface area (Å²) >= 11 is 0. The summed E-state index contributed by atoms with van der Waals surface area (Å²) in [4.78, 5) is 0. The molecule has 0 aromatic rings. The molecule has 0 radical (unpaired) electrons. The molecule has 0 unspecified atom stereocenters. The van der Waals surface area contributed by atoms with Crippen molar-refractivity contribution < 1.29 is 0 Å². The van der Waals surface area contributed by atoms with Crippen LogP contribution in [-0.4, -0.2) is 0 Å². The molecule has 0 nitrogen and oxygen atoms in total. The van der Waals surface area contributed by atoms with Crippen molar-refractivity contribution in [2.24, 2.45) is 5.41 Å². The number of allylic oxidation sites excluding steroid dienone is 4. The van der Waals surface area contributed by atoms with Gasteiger partial charge in [-0.1, -0.05) is 64.3 Å². The fourth-order valence-electron chi connectivity index (χ4n) is 2.71. The maximum atomic E-state index is 4.17. The van der Waals surface area contributed by atoms with Gasteiger partial charge in [-0.2, -0.15) is 0 Å². The third-order valence-electron chi connectivity index (χ3n) is 4.44. The summed E-state index contributed by atoms with van der Waals surface area (Å²) in [6, 6.07) is 0. The SMILES string of the molecule is C=C(C)/C(C)=C(\CC(CC)(CC)CCC)C(=C)C. The maximum Gasteiger partial charge on any atom is -0.0217 e. The van der Waals surface area contributed by atoms with E-state index in [1.807, 2.05) is 0 Å². The summed E-state index contributed by atoms with van der Waals surface area (Å²) in [6.07, 6.45) is 6.22. The van der Waals surface area contributed by atoms with Crippen molar-refractivity contribution in [1.29, 1.82) is 0 Å². The summed E-state index contributed by atoms with van der Waals surface area (Å²) in [6.45, 7) is 21.6. The lowest BCUT2D eigenvalue weighted by Crippen LogP contribution is -2.20. The Kier molecular flexibility index (Phi) is 7.28. The molecule has 0 aliphatic heterocycles. The Balaban J connectivity index is 5.37. The number of hydrogen-bond acceptors (Lipinski definition) is 0. The van der Waals surface area contributed by atoms with Crippen LogP contribution in [-0.2, 0) is 0 Å². The standard InChI is InChI=1S/C18H32/c1-9-12-18(10-2,11-3)13-17(15(6)7)16(8)14(4)5/h4,6,9-13H2,1-3,5,7-8H3/b17-16+. The maximum absolute atomic E-state index is 4.17. The molecule has 0 aromatic carbocycles. The summed E-state index contributed by atoms with van der Waals surface area (Å²) in [5.74, 6) is 0. The highest BCUT2D eigenvalue weighted by Crippen LogP contribution is 2.41. The monoisotopic (exact) mass is 248 g/mol. The Bertz CT molecular complexity index is 324. The zero-order valence-electron chi connectivity index (χ0n) is 13.4. The summed E-state index contributed by atoms with van der Waals surface area (Å²) in [5, 5.41) is 0. The zero-order chi connectivity index (χ0) is 14.3. The highest BCUT2D eigenvalue weighted by atomic mass is 14.3. The highest BCUT2D eigenvalue weighted by molar-refractivity contribution is 5.40. The van der Waals surface area contributed by atoms with E-state index in [9.17, 15) is 0 Å². The molecular weight excluding hydrogens is 216 g/mol. The molecule has 0 heteroatoms. The van der Waals surface area contributed by atoms with Crippen LogP contribution in [0, 0.1) is 5.41 Å². The van der Waals surface area contributed by atoms with E-state index in [4.69, 9.17) is 0 Å². The first-order valence-electron chi connectivity index (χ1n) is 7.35. The molecule has 104 valence electrons. The van der Waals surface area contributed by atoms with Crippen molar-refractivity contribution in [3.05, 3.63) is 35.5 Å². The Morgan fingerprint density at radius 3 is 1.67 bits per heavy atom. The average Bonchev–Trinajstić information content (AvgIpc) is 2.33. The third-order valence-corrected chi connectivity index (χ3v) is 4.44. The lowest BCUT2D eigenvalue weighted by Gasteiger charge is -2.33. The van der Waals surface area contributed by atoms with Gasteiger partial charge in [0.1, 0.15) is 0 Å². The van der Waals surface area contributed by atoms with E-state index in [1.54, 1.807) is 0 Å². The van der Waals surface area contributed by atoms with Gasteiger partial charge in [-0.3, -0.25) is 0 Å². The van der Waals surface area contributed by atoms with Gasteiger partial charge < -0.3 is 0 Å². The molecule has 0 rings (SSSR count). The first kappa shape index (κ1) is 17.2. The van der Waals surface area contributed by atoms with E-state index >= 15 is 0 Å². The second-order valence-corrected chi connectivity index (χ2v) is 5.80. The molecule has 0 N–H and O–H groups in total. The molecular formula is C18H32. The van der Waals surface area contributed by atoms with Crippen LogP contribution in [0.15, 0.2) is 35.5 Å². The second kappa shape index (κ2) is 7.61. The van der Waals surface area contributed by atoms with E-state index in [-0.39, 0.29) is 0 Å². The van der Waals surface area contributed by atoms with Crippen LogP contribution in [0.4, 0.5) is 0 Å². The first-order valence-corrected chi connectivity index (χ1v) is 7.35. The zero-order valence-corrected chi connectivity index (χ0v) is 13.4. The van der Waals surface area contributed by atoms with Gasteiger partial charge in [0, 0.05) is 0 Å². The Hall–Kier alpha value is -0.780. The lowest BCUT2D eigenvalue weighted by atomic mass is 9.71. The van der Waals surface area contributed by atoms with E-state index in [2.05, 4.69) is 54.7 Å². The fourth-order valence-corrected chi connectivity index (χ4v) is 2.71. The van der Waals surface area contributed by atoms with Crippen molar-refractivity contribution in [3.8, 4) is 0 Å². The van der Waals surface area contributed by atoms with Crippen molar-refractivity contribution in [2.75, 3.05) is 0 Å². The molecule has 0 bridgehead atoms. The first-order chi connectivity index (χ1) is 8.33. The summed E-state index contributed by atoms with van der Waals surface area (Å²) in [5.41, 5.74) is 5.59. The van der Waals surface area contributed by atoms with E-state index in [0.717, 1.165) is 6.42 Å². The minimum atomic E-state index is 0.444. The Labute approximate surface area is 115 Å². The lowest BCUT2D eigenvalue weighted by molar-refractivity contribution is 0.234. The largest absolute Gasteiger partial charge is 0.0958 e. The van der Waals surface area contributed by atoms with Gasteiger partial charge >= 0.3 is 0 Å². The fraction of sp³-hybridized carbons (Fsp3) is 0.667. The minimum Gasteiger partial charge on any atom is -0.0958 e. The van der Waals surface area contributed by atoms with Gasteiger partial charge in [0.15, 0.2) is 0 Å². The molecule has 0 saturated heterocycles. The van der Waals surface area contributed by atoms with Crippen LogP contribution in [0.5, 0.6) is 0 Å². The quantitative estimate of drug-likeness (QED) is 0.433. The molecule has 0 atom stereocenters. The summed E-state index contributed by atoms with van der Waals surface area (Å²) in [7, 11) is 0. The molecule has 0 aromatic heterocycles. The van der Waals surface area contributed by atoms with E-state index in [1.165, 1.54) is 48.0 Å². The molecule has 0 aliphatic rings. The number of rotatable bonds is 8. The molecule has 0 saturated carbocycles. The van der Waals surface area contributed by atoms with Crippen LogP contribution in [0.25, 0.3) is 0 Å². The van der Waals surface area contributed by atoms with Gasteiger partial charge in [-0.15, -0.1) is 0 Å². The van der Waals surface area contributed by atoms with Crippen molar-refractivity contribution >= 4 is 0 Å². The van der Waals surface area contributed by atoms with Gasteiger partial charge in [0.2, 0.25) is 0 Å². The van der Waals surface area contributed by atoms with Gasteiger partial charge in [0.05, 0.1) is 0 Å². The van der Waals surface area contributed by atoms with E-state index < -0.39 is 0 Å². The third kappa shape index (κ3) is 4.48. The van der Waals surface area contributed by atoms with Crippen LogP contribution < -0.4 is 0 Å². The molecule has 0 aliphatic carbocycles. The Morgan fingerprint density at radius 1 is 0.889 bits per heavy atom. The normalized spacial score (nSPS) is 13.2.